The molecule has 1 aliphatic heterocycles. The third kappa shape index (κ3) is 3.51. The Morgan fingerprint density at radius 3 is 2.69 bits per heavy atom. The first-order valence-electron chi connectivity index (χ1n) is 8.63. The molecule has 1 aromatic carbocycles. The maximum Gasteiger partial charge on any atom is 0.258 e. The van der Waals surface area contributed by atoms with Crippen molar-refractivity contribution in [2.45, 2.75) is 26.7 Å². The van der Waals surface area contributed by atoms with Gasteiger partial charge in [-0.05, 0) is 62.1 Å². The van der Waals surface area contributed by atoms with Gasteiger partial charge < -0.3 is 9.72 Å². The Hall–Kier alpha value is -2.60. The average Bonchev–Trinajstić information content (AvgIpc) is 3.17. The van der Waals surface area contributed by atoms with Crippen LogP contribution >= 0.6 is 11.8 Å². The highest BCUT2D eigenvalue weighted by atomic mass is 32.2. The van der Waals surface area contributed by atoms with Crippen molar-refractivity contribution in [3.63, 3.8) is 0 Å². The van der Waals surface area contributed by atoms with Gasteiger partial charge in [-0.3, -0.25) is 4.79 Å². The number of carbonyl (C=O) groups is 1. The number of benzene rings is 1. The molecule has 4 rings (SSSR count). The number of imidazole rings is 1. The number of amidine groups is 1. The number of pyridine rings is 1. The van der Waals surface area contributed by atoms with Gasteiger partial charge >= 0.3 is 0 Å². The van der Waals surface area contributed by atoms with E-state index in [9.17, 15) is 4.79 Å². The van der Waals surface area contributed by atoms with E-state index in [0.29, 0.717) is 10.9 Å². The predicted molar refractivity (Wildman–Crippen MR) is 107 cm³/mol. The fourth-order valence-electron chi connectivity index (χ4n) is 3.07. The van der Waals surface area contributed by atoms with Crippen LogP contribution in [0.5, 0.6) is 0 Å². The molecule has 0 unspecified atom stereocenters. The van der Waals surface area contributed by atoms with E-state index >= 15 is 0 Å². The monoisotopic (exact) mass is 364 g/mol. The number of amides is 1. The summed E-state index contributed by atoms with van der Waals surface area (Å²) in [5.41, 5.74) is 6.81. The molecular formula is C20H20N4OS. The molecule has 6 heteroatoms. The van der Waals surface area contributed by atoms with Crippen LogP contribution in [0.4, 0.5) is 5.69 Å². The SMILES string of the molecule is Cc1ccn2c(C)c(CCc3ccc(NC4=NC(=O)CS4)cc3)nc2c1. The Kier molecular flexibility index (Phi) is 4.51. The van der Waals surface area contributed by atoms with Crippen LogP contribution in [0.1, 0.15) is 22.5 Å². The van der Waals surface area contributed by atoms with Crippen LogP contribution < -0.4 is 5.32 Å². The molecule has 0 saturated carbocycles. The Bertz CT molecular complexity index is 1000. The second-order valence-corrected chi connectivity index (χ2v) is 7.46. The summed E-state index contributed by atoms with van der Waals surface area (Å²) in [5, 5.41) is 3.86. The van der Waals surface area contributed by atoms with E-state index in [0.717, 1.165) is 29.9 Å². The van der Waals surface area contributed by atoms with E-state index in [-0.39, 0.29) is 5.91 Å². The van der Waals surface area contributed by atoms with Crippen molar-refractivity contribution in [2.24, 2.45) is 4.99 Å². The van der Waals surface area contributed by atoms with Crippen molar-refractivity contribution in [1.82, 2.24) is 9.38 Å². The van der Waals surface area contributed by atoms with Crippen LogP contribution in [0.25, 0.3) is 5.65 Å². The summed E-state index contributed by atoms with van der Waals surface area (Å²) >= 11 is 1.44. The lowest BCUT2D eigenvalue weighted by Crippen LogP contribution is -2.04. The Morgan fingerprint density at radius 1 is 1.15 bits per heavy atom. The number of anilines is 1. The second-order valence-electron chi connectivity index (χ2n) is 6.50. The molecule has 1 aliphatic rings. The standard InChI is InChI=1S/C20H20N4OS/c1-13-9-10-24-14(2)17(22-18(24)11-13)8-5-15-3-6-16(7-4-15)21-20-23-19(25)12-26-20/h3-4,6-7,9-11H,5,8,12H2,1-2H3,(H,21,23,25). The normalized spacial score (nSPS) is 14.1. The summed E-state index contributed by atoms with van der Waals surface area (Å²) in [6.45, 7) is 4.21. The zero-order valence-corrected chi connectivity index (χ0v) is 15.6. The molecule has 0 bridgehead atoms. The van der Waals surface area contributed by atoms with Gasteiger partial charge in [0, 0.05) is 17.6 Å². The molecule has 1 N–H and O–H groups in total. The summed E-state index contributed by atoms with van der Waals surface area (Å²) in [4.78, 5) is 19.9. The number of aliphatic imine (C=N–C) groups is 1. The van der Waals surface area contributed by atoms with Crippen LogP contribution in [0, 0.1) is 13.8 Å². The molecule has 0 saturated heterocycles. The minimum absolute atomic E-state index is 0.0767. The number of nitrogens with zero attached hydrogens (tertiary/aromatic N) is 3. The molecule has 0 radical (unpaired) electrons. The van der Waals surface area contributed by atoms with E-state index in [4.69, 9.17) is 4.98 Å². The maximum atomic E-state index is 11.2. The van der Waals surface area contributed by atoms with E-state index < -0.39 is 0 Å². The van der Waals surface area contributed by atoms with Crippen molar-refractivity contribution >= 4 is 34.2 Å². The van der Waals surface area contributed by atoms with Crippen LogP contribution in [0.15, 0.2) is 47.6 Å². The first kappa shape index (κ1) is 16.8. The smallest absolute Gasteiger partial charge is 0.258 e. The number of hydrogen-bond donors (Lipinski definition) is 1. The molecule has 3 aromatic rings. The van der Waals surface area contributed by atoms with Gasteiger partial charge in [-0.15, -0.1) is 0 Å². The number of nitrogens with one attached hydrogen (secondary N) is 1. The molecule has 2 aromatic heterocycles. The summed E-state index contributed by atoms with van der Waals surface area (Å²) in [6.07, 6.45) is 3.94. The first-order chi connectivity index (χ1) is 12.6. The summed E-state index contributed by atoms with van der Waals surface area (Å²) in [7, 11) is 0. The van der Waals surface area contributed by atoms with E-state index in [1.54, 1.807) is 0 Å². The van der Waals surface area contributed by atoms with Crippen LogP contribution in [-0.4, -0.2) is 26.2 Å². The van der Waals surface area contributed by atoms with Gasteiger partial charge in [-0.1, -0.05) is 23.9 Å². The number of carbonyl (C=O) groups excluding carboxylic acids is 1. The van der Waals surface area contributed by atoms with Crippen molar-refractivity contribution in [3.8, 4) is 0 Å². The molecule has 0 fully saturated rings. The molecule has 3 heterocycles. The molecule has 0 spiro atoms. The van der Waals surface area contributed by atoms with E-state index in [2.05, 4.69) is 59.0 Å². The van der Waals surface area contributed by atoms with Crippen molar-refractivity contribution in [3.05, 3.63) is 65.1 Å². The molecule has 132 valence electrons. The molecule has 26 heavy (non-hydrogen) atoms. The van der Waals surface area contributed by atoms with Crippen molar-refractivity contribution in [2.75, 3.05) is 11.1 Å². The number of hydrogen-bond acceptors (Lipinski definition) is 4. The lowest BCUT2D eigenvalue weighted by atomic mass is 10.1. The Morgan fingerprint density at radius 2 is 1.96 bits per heavy atom. The second kappa shape index (κ2) is 6.96. The summed E-state index contributed by atoms with van der Waals surface area (Å²) in [5.74, 6) is 0.352. The third-order valence-electron chi connectivity index (χ3n) is 4.53. The van der Waals surface area contributed by atoms with E-state index in [1.807, 2.05) is 12.1 Å². The topological polar surface area (TPSA) is 58.8 Å². The molecule has 0 atom stereocenters. The zero-order valence-electron chi connectivity index (χ0n) is 14.8. The van der Waals surface area contributed by atoms with Gasteiger partial charge in [-0.2, -0.15) is 4.99 Å². The number of rotatable bonds is 4. The number of fused-ring (bicyclic) bond motifs is 1. The maximum absolute atomic E-state index is 11.2. The van der Waals surface area contributed by atoms with Gasteiger partial charge in [0.25, 0.3) is 5.91 Å². The average molecular weight is 364 g/mol. The van der Waals surface area contributed by atoms with Gasteiger partial charge in [0.15, 0.2) is 5.17 Å². The van der Waals surface area contributed by atoms with Gasteiger partial charge in [0.1, 0.15) is 5.65 Å². The molecule has 0 aliphatic carbocycles. The van der Waals surface area contributed by atoms with E-state index in [1.165, 1.54) is 28.6 Å². The summed E-state index contributed by atoms with van der Waals surface area (Å²) < 4.78 is 2.15. The van der Waals surface area contributed by atoms with Gasteiger partial charge in [-0.25, -0.2) is 4.98 Å². The van der Waals surface area contributed by atoms with Gasteiger partial charge in [0.2, 0.25) is 0 Å². The highest BCUT2D eigenvalue weighted by Gasteiger charge is 2.14. The molecule has 5 nitrogen and oxygen atoms in total. The number of aryl methyl sites for hydroxylation is 4. The molecule has 1 amide bonds. The fourth-order valence-corrected chi connectivity index (χ4v) is 3.75. The lowest BCUT2D eigenvalue weighted by molar-refractivity contribution is -0.115. The minimum atomic E-state index is -0.0767. The highest BCUT2D eigenvalue weighted by molar-refractivity contribution is 8.15. The third-order valence-corrected chi connectivity index (χ3v) is 5.39. The molecular weight excluding hydrogens is 344 g/mol. The predicted octanol–water partition coefficient (Wildman–Crippen LogP) is 3.78. The quantitative estimate of drug-likeness (QED) is 0.765. The summed E-state index contributed by atoms with van der Waals surface area (Å²) in [6, 6.07) is 12.5. The van der Waals surface area contributed by atoms with Crippen LogP contribution in [0.3, 0.4) is 0 Å². The van der Waals surface area contributed by atoms with Gasteiger partial charge in [0.05, 0.1) is 11.4 Å². The Labute approximate surface area is 156 Å². The Balaban J connectivity index is 1.42. The minimum Gasteiger partial charge on any atom is -0.335 e. The van der Waals surface area contributed by atoms with Crippen molar-refractivity contribution < 1.29 is 4.79 Å². The lowest BCUT2D eigenvalue weighted by Gasteiger charge is -2.06. The fraction of sp³-hybridized carbons (Fsp3) is 0.250. The van der Waals surface area contributed by atoms with Crippen molar-refractivity contribution in [1.29, 1.82) is 0 Å². The largest absolute Gasteiger partial charge is 0.335 e. The zero-order chi connectivity index (χ0) is 18.1. The van der Waals surface area contributed by atoms with Crippen LogP contribution in [-0.2, 0) is 17.6 Å². The number of thioether (sulfide) groups is 1. The first-order valence-corrected chi connectivity index (χ1v) is 9.61. The van der Waals surface area contributed by atoms with Crippen LogP contribution in [0.2, 0.25) is 0 Å². The number of aromatic nitrogens is 2. The highest BCUT2D eigenvalue weighted by Crippen LogP contribution is 2.19.